The molecule has 1 aliphatic carbocycles. The maximum Gasteiger partial charge on any atom is 0.246 e. The van der Waals surface area contributed by atoms with Gasteiger partial charge in [0.05, 0.1) is 0 Å². The number of hydrogen-bond donors (Lipinski definition) is 1. The second-order valence-corrected chi connectivity index (χ2v) is 7.81. The van der Waals surface area contributed by atoms with Crippen LogP contribution in [0.5, 0.6) is 0 Å². The summed E-state index contributed by atoms with van der Waals surface area (Å²) in [5.74, 6) is 0.125. The van der Waals surface area contributed by atoms with Crippen molar-refractivity contribution in [1.29, 1.82) is 0 Å². The highest BCUT2D eigenvalue weighted by Gasteiger charge is 2.42. The SMILES string of the molecule is CC1CC(=O)NC(C(C)(C)C)C(=O)N1C1CCCCCC1. The molecule has 0 aromatic rings. The predicted molar refractivity (Wildman–Crippen MR) is 83.8 cm³/mol. The number of nitrogens with zero attached hydrogens (tertiary/aromatic N) is 1. The molecule has 1 heterocycles. The molecule has 1 saturated carbocycles. The van der Waals surface area contributed by atoms with Gasteiger partial charge in [-0.25, -0.2) is 0 Å². The maximum absolute atomic E-state index is 13.1. The van der Waals surface area contributed by atoms with Crippen LogP contribution in [-0.2, 0) is 9.59 Å². The van der Waals surface area contributed by atoms with E-state index in [1.54, 1.807) is 0 Å². The lowest BCUT2D eigenvalue weighted by molar-refractivity contribution is -0.140. The number of rotatable bonds is 1. The number of nitrogens with one attached hydrogen (secondary N) is 1. The molecule has 120 valence electrons. The van der Waals surface area contributed by atoms with Crippen LogP contribution >= 0.6 is 0 Å². The van der Waals surface area contributed by atoms with E-state index in [1.165, 1.54) is 25.7 Å². The molecule has 0 radical (unpaired) electrons. The van der Waals surface area contributed by atoms with Crippen molar-refractivity contribution in [3.8, 4) is 0 Å². The van der Waals surface area contributed by atoms with E-state index in [2.05, 4.69) is 5.32 Å². The Balaban J connectivity index is 2.27. The zero-order chi connectivity index (χ0) is 15.6. The first-order valence-corrected chi connectivity index (χ1v) is 8.42. The highest BCUT2D eigenvalue weighted by atomic mass is 16.2. The Kier molecular flexibility index (Phi) is 4.95. The van der Waals surface area contributed by atoms with E-state index < -0.39 is 6.04 Å². The monoisotopic (exact) mass is 294 g/mol. The van der Waals surface area contributed by atoms with Crippen molar-refractivity contribution in [2.75, 3.05) is 0 Å². The van der Waals surface area contributed by atoms with Crippen LogP contribution in [0.4, 0.5) is 0 Å². The first-order valence-electron chi connectivity index (χ1n) is 8.42. The second-order valence-electron chi connectivity index (χ2n) is 7.81. The average Bonchev–Trinajstić information content (AvgIpc) is 2.67. The van der Waals surface area contributed by atoms with Gasteiger partial charge >= 0.3 is 0 Å². The van der Waals surface area contributed by atoms with E-state index in [9.17, 15) is 9.59 Å². The molecule has 2 amide bonds. The van der Waals surface area contributed by atoms with Gasteiger partial charge in [-0.05, 0) is 25.2 Å². The van der Waals surface area contributed by atoms with Crippen LogP contribution in [0.15, 0.2) is 0 Å². The molecule has 1 aliphatic heterocycles. The Hall–Kier alpha value is -1.06. The summed E-state index contributed by atoms with van der Waals surface area (Å²) >= 11 is 0. The summed E-state index contributed by atoms with van der Waals surface area (Å²) in [5, 5.41) is 2.95. The van der Waals surface area contributed by atoms with Gasteiger partial charge in [0.15, 0.2) is 0 Å². The van der Waals surface area contributed by atoms with Crippen molar-refractivity contribution in [1.82, 2.24) is 10.2 Å². The summed E-state index contributed by atoms with van der Waals surface area (Å²) < 4.78 is 0. The van der Waals surface area contributed by atoms with Crippen molar-refractivity contribution < 1.29 is 9.59 Å². The molecule has 2 unspecified atom stereocenters. The summed E-state index contributed by atoms with van der Waals surface area (Å²) in [6.07, 6.45) is 7.53. The van der Waals surface area contributed by atoms with Gasteiger partial charge in [-0.1, -0.05) is 46.5 Å². The summed E-state index contributed by atoms with van der Waals surface area (Å²) in [4.78, 5) is 27.2. The van der Waals surface area contributed by atoms with Gasteiger partial charge < -0.3 is 10.2 Å². The first-order chi connectivity index (χ1) is 9.80. The molecule has 21 heavy (non-hydrogen) atoms. The van der Waals surface area contributed by atoms with Crippen molar-refractivity contribution in [3.63, 3.8) is 0 Å². The standard InChI is InChI=1S/C17H30N2O2/c1-12-11-14(20)18-15(17(2,3)4)16(21)19(12)13-9-7-5-6-8-10-13/h12-13,15H,5-11H2,1-4H3,(H,18,20). The Bertz CT molecular complexity index is 392. The number of carbonyl (C=O) groups is 2. The van der Waals surface area contributed by atoms with Crippen molar-refractivity contribution in [2.45, 2.75) is 90.8 Å². The number of amides is 2. The molecule has 2 rings (SSSR count). The summed E-state index contributed by atoms with van der Waals surface area (Å²) in [6, 6.07) is -0.0845. The van der Waals surface area contributed by atoms with Gasteiger partial charge in [0, 0.05) is 18.5 Å². The van der Waals surface area contributed by atoms with E-state index in [0.29, 0.717) is 12.5 Å². The molecule has 2 atom stereocenters. The van der Waals surface area contributed by atoms with Crippen LogP contribution in [0, 0.1) is 5.41 Å². The predicted octanol–water partition coefficient (Wildman–Crippen LogP) is 2.86. The van der Waals surface area contributed by atoms with Crippen molar-refractivity contribution >= 4 is 11.8 Å². The van der Waals surface area contributed by atoms with Crippen LogP contribution < -0.4 is 5.32 Å². The largest absolute Gasteiger partial charge is 0.344 e. The fraction of sp³-hybridized carbons (Fsp3) is 0.882. The van der Waals surface area contributed by atoms with Gasteiger partial charge in [0.2, 0.25) is 11.8 Å². The van der Waals surface area contributed by atoms with E-state index >= 15 is 0 Å². The van der Waals surface area contributed by atoms with Crippen molar-refractivity contribution in [2.24, 2.45) is 5.41 Å². The van der Waals surface area contributed by atoms with Crippen LogP contribution in [0.3, 0.4) is 0 Å². The molecule has 4 nitrogen and oxygen atoms in total. The molecule has 0 bridgehead atoms. The Morgan fingerprint density at radius 1 is 1.05 bits per heavy atom. The smallest absolute Gasteiger partial charge is 0.246 e. The third-order valence-electron chi connectivity index (χ3n) is 4.85. The van der Waals surface area contributed by atoms with E-state index in [4.69, 9.17) is 0 Å². The van der Waals surface area contributed by atoms with E-state index in [1.807, 2.05) is 32.6 Å². The minimum Gasteiger partial charge on any atom is -0.344 e. The molecular weight excluding hydrogens is 264 g/mol. The molecule has 1 saturated heterocycles. The molecule has 2 aliphatic rings. The van der Waals surface area contributed by atoms with Crippen molar-refractivity contribution in [3.05, 3.63) is 0 Å². The minimum absolute atomic E-state index is 0.00639. The van der Waals surface area contributed by atoms with Gasteiger partial charge in [0.25, 0.3) is 0 Å². The third-order valence-corrected chi connectivity index (χ3v) is 4.85. The van der Waals surface area contributed by atoms with Crippen LogP contribution in [0.1, 0.15) is 72.6 Å². The maximum atomic E-state index is 13.1. The third kappa shape index (κ3) is 3.78. The van der Waals surface area contributed by atoms with E-state index in [-0.39, 0.29) is 23.3 Å². The topological polar surface area (TPSA) is 49.4 Å². The van der Waals surface area contributed by atoms with Gasteiger partial charge in [0.1, 0.15) is 6.04 Å². The summed E-state index contributed by atoms with van der Waals surface area (Å²) in [5.41, 5.74) is -0.250. The van der Waals surface area contributed by atoms with Crippen LogP contribution in [-0.4, -0.2) is 34.8 Å². The van der Waals surface area contributed by atoms with E-state index in [0.717, 1.165) is 12.8 Å². The normalized spacial score (nSPS) is 29.8. The lowest BCUT2D eigenvalue weighted by atomic mass is 9.85. The Morgan fingerprint density at radius 3 is 2.14 bits per heavy atom. The summed E-state index contributed by atoms with van der Waals surface area (Å²) in [6.45, 7) is 8.10. The Morgan fingerprint density at radius 2 is 1.62 bits per heavy atom. The summed E-state index contributed by atoms with van der Waals surface area (Å²) in [7, 11) is 0. The lowest BCUT2D eigenvalue weighted by Crippen LogP contribution is -2.55. The zero-order valence-electron chi connectivity index (χ0n) is 13.9. The minimum atomic E-state index is -0.404. The zero-order valence-corrected chi connectivity index (χ0v) is 13.9. The highest BCUT2D eigenvalue weighted by Crippen LogP contribution is 2.30. The fourth-order valence-corrected chi connectivity index (χ4v) is 3.68. The highest BCUT2D eigenvalue weighted by molar-refractivity contribution is 5.91. The van der Waals surface area contributed by atoms with Crippen LogP contribution in [0.2, 0.25) is 0 Å². The Labute approximate surface area is 128 Å². The molecular formula is C17H30N2O2. The number of hydrogen-bond acceptors (Lipinski definition) is 2. The molecule has 2 fully saturated rings. The first kappa shape index (κ1) is 16.3. The average molecular weight is 294 g/mol. The van der Waals surface area contributed by atoms with Gasteiger partial charge in [-0.2, -0.15) is 0 Å². The van der Waals surface area contributed by atoms with Gasteiger partial charge in [-0.15, -0.1) is 0 Å². The number of carbonyl (C=O) groups excluding carboxylic acids is 2. The molecule has 4 heteroatoms. The fourth-order valence-electron chi connectivity index (χ4n) is 3.68. The molecule has 0 spiro atoms. The molecule has 1 N–H and O–H groups in total. The van der Waals surface area contributed by atoms with Gasteiger partial charge in [-0.3, -0.25) is 9.59 Å². The van der Waals surface area contributed by atoms with Crippen LogP contribution in [0.25, 0.3) is 0 Å². The lowest BCUT2D eigenvalue weighted by Gasteiger charge is -2.38. The molecule has 0 aromatic carbocycles. The molecule has 0 aromatic heterocycles. The second kappa shape index (κ2) is 6.37. The quantitative estimate of drug-likeness (QED) is 0.756.